The molecule has 0 aromatic rings. The highest BCUT2D eigenvalue weighted by Gasteiger charge is 2.03. The van der Waals surface area contributed by atoms with Crippen LogP contribution in [0, 0.1) is 0 Å². The molecule has 0 heterocycles. The van der Waals surface area contributed by atoms with E-state index in [4.69, 9.17) is 22.9 Å². The van der Waals surface area contributed by atoms with Gasteiger partial charge in [0.15, 0.2) is 0 Å². The third-order valence-corrected chi connectivity index (χ3v) is 4.71. The monoisotopic (exact) mass is 334 g/mol. The Morgan fingerprint density at radius 1 is 0.476 bits per heavy atom. The van der Waals surface area contributed by atoms with E-state index in [1.165, 1.54) is 103 Å². The van der Waals surface area contributed by atoms with E-state index in [-0.39, 0.29) is 5.54 Å². The first-order chi connectivity index (χ1) is 10.3. The van der Waals surface area contributed by atoms with Gasteiger partial charge in [-0.2, -0.15) is 22.9 Å². The minimum atomic E-state index is -0.156. The van der Waals surface area contributed by atoms with Gasteiger partial charge in [-0.1, -0.05) is 110 Å². The van der Waals surface area contributed by atoms with Crippen molar-refractivity contribution < 1.29 is 0 Å². The average Bonchev–Trinajstić information content (AvgIpc) is 2.46. The zero-order valence-electron chi connectivity index (χ0n) is 14.4. The summed E-state index contributed by atoms with van der Waals surface area (Å²) in [5.74, 6) is 0. The van der Waals surface area contributed by atoms with Crippen molar-refractivity contribution >= 4 is 28.5 Å². The Kier molecular flexibility index (Phi) is 19.3. The van der Waals surface area contributed by atoms with Crippen LogP contribution in [0.4, 0.5) is 0 Å². The van der Waals surface area contributed by atoms with Crippen LogP contribution in [0.15, 0.2) is 0 Å². The van der Waals surface area contributed by atoms with Crippen molar-refractivity contribution in [3.8, 4) is 0 Å². The van der Waals surface area contributed by atoms with Gasteiger partial charge < -0.3 is 0 Å². The zero-order valence-corrected chi connectivity index (χ0v) is 15.9. The number of unbranched alkanes of at least 4 members (excludes halogenated alkanes) is 15. The molecule has 0 amide bonds. The Labute approximate surface area is 144 Å². The second-order valence-corrected chi connectivity index (χ2v) is 7.76. The van der Waals surface area contributed by atoms with Gasteiger partial charge in [0.1, 0.15) is 0 Å². The van der Waals surface area contributed by atoms with Gasteiger partial charge in [-0.05, 0) is 6.32 Å². The highest BCUT2D eigenvalue weighted by atomic mass is 35.5. The van der Waals surface area contributed by atoms with Gasteiger partial charge in [0.25, 0.3) is 0 Å². The summed E-state index contributed by atoms with van der Waals surface area (Å²) in [7, 11) is 0. The molecule has 0 fully saturated rings. The molecular weight excluding hydrogens is 298 g/mol. The van der Waals surface area contributed by atoms with Crippen LogP contribution in [-0.2, 0) is 0 Å². The zero-order chi connectivity index (χ0) is 15.6. The fraction of sp³-hybridized carbons (Fsp3) is 1.00. The first kappa shape index (κ1) is 21.6. The molecule has 0 aliphatic carbocycles. The van der Waals surface area contributed by atoms with E-state index in [0.717, 1.165) is 6.32 Å². The van der Waals surface area contributed by atoms with Crippen LogP contribution in [0.5, 0.6) is 0 Å². The summed E-state index contributed by atoms with van der Waals surface area (Å²) in [6.45, 7) is 2.29. The van der Waals surface area contributed by atoms with Gasteiger partial charge in [-0.25, -0.2) is 0 Å². The fourth-order valence-corrected chi connectivity index (χ4v) is 3.16. The molecule has 126 valence electrons. The molecular formula is C18H37BCl2. The number of halogens is 2. The lowest BCUT2D eigenvalue weighted by Gasteiger charge is -2.03. The van der Waals surface area contributed by atoms with Crippen molar-refractivity contribution in [2.45, 2.75) is 116 Å². The van der Waals surface area contributed by atoms with Crippen LogP contribution >= 0.6 is 22.9 Å². The van der Waals surface area contributed by atoms with Gasteiger partial charge in [0.05, 0.1) is 0 Å². The second kappa shape index (κ2) is 18.7. The average molecular weight is 335 g/mol. The summed E-state index contributed by atoms with van der Waals surface area (Å²) in [4.78, 5) is 0. The van der Waals surface area contributed by atoms with Gasteiger partial charge in [-0.15, -0.1) is 0 Å². The van der Waals surface area contributed by atoms with Crippen LogP contribution in [-0.4, -0.2) is 5.54 Å². The molecule has 0 radical (unpaired) electrons. The number of hydrogen-bond acceptors (Lipinski definition) is 0. The van der Waals surface area contributed by atoms with E-state index in [0.29, 0.717) is 0 Å². The van der Waals surface area contributed by atoms with Crippen LogP contribution in [0.1, 0.15) is 110 Å². The van der Waals surface area contributed by atoms with Crippen LogP contribution in [0.2, 0.25) is 6.32 Å². The van der Waals surface area contributed by atoms with E-state index in [1.807, 2.05) is 0 Å². The van der Waals surface area contributed by atoms with E-state index in [9.17, 15) is 0 Å². The molecule has 3 heteroatoms. The summed E-state index contributed by atoms with van der Waals surface area (Å²) in [6, 6.07) is 0. The van der Waals surface area contributed by atoms with Gasteiger partial charge in [0.2, 0.25) is 0 Å². The van der Waals surface area contributed by atoms with Crippen LogP contribution in [0.3, 0.4) is 0 Å². The lowest BCUT2D eigenvalue weighted by molar-refractivity contribution is 0.531. The maximum absolute atomic E-state index is 5.71. The molecule has 0 aliphatic rings. The Hall–Kier alpha value is 0.645. The van der Waals surface area contributed by atoms with Crippen molar-refractivity contribution in [1.82, 2.24) is 0 Å². The SMILES string of the molecule is CCCCCCCCCCCCCCCCCCB(Cl)Cl. The van der Waals surface area contributed by atoms with E-state index >= 15 is 0 Å². The molecule has 0 nitrogen and oxygen atoms in total. The third kappa shape index (κ3) is 20.6. The van der Waals surface area contributed by atoms with Crippen molar-refractivity contribution in [1.29, 1.82) is 0 Å². The maximum atomic E-state index is 5.71. The fourth-order valence-electron chi connectivity index (χ4n) is 2.85. The van der Waals surface area contributed by atoms with Crippen LogP contribution in [0.25, 0.3) is 0 Å². The lowest BCUT2D eigenvalue weighted by atomic mass is 9.95. The molecule has 0 aromatic heterocycles. The molecule has 0 spiro atoms. The molecule has 0 unspecified atom stereocenters. The summed E-state index contributed by atoms with van der Waals surface area (Å²) >= 11 is 11.4. The highest BCUT2D eigenvalue weighted by molar-refractivity contribution is 7.33. The minimum Gasteiger partial charge on any atom is -0.172 e. The summed E-state index contributed by atoms with van der Waals surface area (Å²) in [5.41, 5.74) is -0.156. The number of rotatable bonds is 17. The standard InChI is InChI=1S/C18H37BCl2/c1-2-3-4-5-6-7-8-9-10-11-12-13-14-15-16-17-18-19(20)21/h2-18H2,1H3. The van der Waals surface area contributed by atoms with E-state index in [1.54, 1.807) is 0 Å². The molecule has 0 aromatic carbocycles. The highest BCUT2D eigenvalue weighted by Crippen LogP contribution is 2.15. The quantitative estimate of drug-likeness (QED) is 0.185. The molecule has 21 heavy (non-hydrogen) atoms. The predicted molar refractivity (Wildman–Crippen MR) is 102 cm³/mol. The predicted octanol–water partition coefficient (Wildman–Crippen LogP) is 8.21. The number of hydrogen-bond donors (Lipinski definition) is 0. The Morgan fingerprint density at radius 2 is 0.762 bits per heavy atom. The van der Waals surface area contributed by atoms with Crippen LogP contribution < -0.4 is 0 Å². The minimum absolute atomic E-state index is 0.156. The molecule has 0 atom stereocenters. The largest absolute Gasteiger partial charge is 0.351 e. The van der Waals surface area contributed by atoms with Gasteiger partial charge in [0, 0.05) is 0 Å². The van der Waals surface area contributed by atoms with E-state index < -0.39 is 0 Å². The summed E-state index contributed by atoms with van der Waals surface area (Å²) < 4.78 is 0. The Morgan fingerprint density at radius 3 is 1.05 bits per heavy atom. The van der Waals surface area contributed by atoms with Crippen molar-refractivity contribution in [2.24, 2.45) is 0 Å². The first-order valence-electron chi connectivity index (χ1n) is 9.55. The summed E-state index contributed by atoms with van der Waals surface area (Å²) in [5, 5.41) is 0. The topological polar surface area (TPSA) is 0 Å². The van der Waals surface area contributed by atoms with Gasteiger partial charge in [-0.3, -0.25) is 0 Å². The first-order valence-corrected chi connectivity index (χ1v) is 10.4. The smallest absolute Gasteiger partial charge is 0.172 e. The molecule has 0 N–H and O–H groups in total. The molecule has 0 bridgehead atoms. The molecule has 0 saturated carbocycles. The lowest BCUT2D eigenvalue weighted by Crippen LogP contribution is -1.91. The molecule has 0 rings (SSSR count). The third-order valence-electron chi connectivity index (χ3n) is 4.28. The van der Waals surface area contributed by atoms with Crippen molar-refractivity contribution in [3.05, 3.63) is 0 Å². The van der Waals surface area contributed by atoms with Crippen molar-refractivity contribution in [2.75, 3.05) is 0 Å². The summed E-state index contributed by atoms with van der Waals surface area (Å²) in [6.07, 6.45) is 23.5. The van der Waals surface area contributed by atoms with Crippen molar-refractivity contribution in [3.63, 3.8) is 0 Å². The van der Waals surface area contributed by atoms with E-state index in [2.05, 4.69) is 6.92 Å². The second-order valence-electron chi connectivity index (χ2n) is 6.48. The molecule has 0 saturated heterocycles. The Balaban J connectivity index is 2.93. The maximum Gasteiger partial charge on any atom is 0.351 e. The Bertz CT molecular complexity index is 186. The normalized spacial score (nSPS) is 11.0. The van der Waals surface area contributed by atoms with Gasteiger partial charge >= 0.3 is 5.54 Å². The molecule has 0 aliphatic heterocycles.